The SMILES string of the molecule is CC(C)C(Nc1ccc(C(F)F)cc1Cl)C(=O)O. The molecule has 0 heterocycles. The molecule has 0 aliphatic carbocycles. The van der Waals surface area contributed by atoms with Gasteiger partial charge in [-0.15, -0.1) is 0 Å². The van der Waals surface area contributed by atoms with Crippen LogP contribution in [-0.2, 0) is 4.79 Å². The van der Waals surface area contributed by atoms with Crippen molar-refractivity contribution in [2.45, 2.75) is 26.3 Å². The topological polar surface area (TPSA) is 49.3 Å². The maximum atomic E-state index is 12.4. The Morgan fingerprint density at radius 3 is 2.39 bits per heavy atom. The number of halogens is 3. The van der Waals surface area contributed by atoms with Gasteiger partial charge in [0.25, 0.3) is 6.43 Å². The number of nitrogens with one attached hydrogen (secondary N) is 1. The van der Waals surface area contributed by atoms with E-state index in [0.717, 1.165) is 6.07 Å². The van der Waals surface area contributed by atoms with Gasteiger partial charge in [-0.1, -0.05) is 31.5 Å². The molecule has 0 radical (unpaired) electrons. The molecule has 3 nitrogen and oxygen atoms in total. The number of anilines is 1. The molecule has 6 heteroatoms. The van der Waals surface area contributed by atoms with Crippen LogP contribution in [0.25, 0.3) is 0 Å². The van der Waals surface area contributed by atoms with Crippen molar-refractivity contribution in [3.05, 3.63) is 28.8 Å². The number of hydrogen-bond donors (Lipinski definition) is 2. The summed E-state index contributed by atoms with van der Waals surface area (Å²) in [7, 11) is 0. The van der Waals surface area contributed by atoms with Crippen LogP contribution >= 0.6 is 11.6 Å². The lowest BCUT2D eigenvalue weighted by atomic mass is 10.0. The van der Waals surface area contributed by atoms with Crippen LogP contribution in [0.2, 0.25) is 5.02 Å². The Hall–Kier alpha value is -1.36. The molecule has 2 N–H and O–H groups in total. The van der Waals surface area contributed by atoms with Crippen molar-refractivity contribution in [2.75, 3.05) is 5.32 Å². The van der Waals surface area contributed by atoms with Gasteiger partial charge in [0.1, 0.15) is 6.04 Å². The highest BCUT2D eigenvalue weighted by molar-refractivity contribution is 6.33. The molecule has 1 atom stereocenters. The third-order valence-electron chi connectivity index (χ3n) is 2.49. The summed E-state index contributed by atoms with van der Waals surface area (Å²) in [5, 5.41) is 11.8. The molecule has 0 spiro atoms. The van der Waals surface area contributed by atoms with Crippen LogP contribution in [-0.4, -0.2) is 17.1 Å². The van der Waals surface area contributed by atoms with Crippen molar-refractivity contribution >= 4 is 23.3 Å². The number of carboxylic acids is 1. The monoisotopic (exact) mass is 277 g/mol. The second kappa shape index (κ2) is 6.00. The number of carboxylic acid groups (broad SMARTS) is 1. The fourth-order valence-electron chi connectivity index (χ4n) is 1.47. The molecule has 1 aromatic carbocycles. The van der Waals surface area contributed by atoms with Crippen molar-refractivity contribution in [1.29, 1.82) is 0 Å². The molecule has 1 aromatic rings. The van der Waals surface area contributed by atoms with Crippen molar-refractivity contribution in [2.24, 2.45) is 5.92 Å². The second-order valence-electron chi connectivity index (χ2n) is 4.24. The largest absolute Gasteiger partial charge is 0.480 e. The van der Waals surface area contributed by atoms with Crippen LogP contribution in [0, 0.1) is 5.92 Å². The van der Waals surface area contributed by atoms with E-state index in [1.54, 1.807) is 13.8 Å². The molecule has 18 heavy (non-hydrogen) atoms. The summed E-state index contributed by atoms with van der Waals surface area (Å²) < 4.78 is 24.8. The molecular formula is C12H14ClF2NO2. The minimum absolute atomic E-state index is 0.0831. The maximum Gasteiger partial charge on any atom is 0.326 e. The fourth-order valence-corrected chi connectivity index (χ4v) is 1.71. The molecule has 0 saturated carbocycles. The Labute approximate surface area is 109 Å². The summed E-state index contributed by atoms with van der Waals surface area (Å²) in [4.78, 5) is 11.0. The quantitative estimate of drug-likeness (QED) is 0.861. The third-order valence-corrected chi connectivity index (χ3v) is 2.80. The first kappa shape index (κ1) is 14.7. The van der Waals surface area contributed by atoms with Crippen LogP contribution < -0.4 is 5.32 Å². The molecule has 0 amide bonds. The number of alkyl halides is 2. The Morgan fingerprint density at radius 1 is 1.39 bits per heavy atom. The first-order chi connectivity index (χ1) is 8.32. The predicted molar refractivity (Wildman–Crippen MR) is 66.3 cm³/mol. The van der Waals surface area contributed by atoms with E-state index in [1.165, 1.54) is 12.1 Å². The summed E-state index contributed by atoms with van der Waals surface area (Å²) >= 11 is 5.84. The van der Waals surface area contributed by atoms with Crippen LogP contribution in [0.4, 0.5) is 14.5 Å². The zero-order chi connectivity index (χ0) is 13.9. The minimum Gasteiger partial charge on any atom is -0.480 e. The average molecular weight is 278 g/mol. The van der Waals surface area contributed by atoms with Crippen LogP contribution in [0.3, 0.4) is 0 Å². The summed E-state index contributed by atoms with van der Waals surface area (Å²) in [5.41, 5.74) is 0.143. The Balaban J connectivity index is 2.94. The second-order valence-corrected chi connectivity index (χ2v) is 4.65. The van der Waals surface area contributed by atoms with E-state index in [4.69, 9.17) is 16.7 Å². The maximum absolute atomic E-state index is 12.4. The Kier molecular flexibility index (Phi) is 4.90. The highest BCUT2D eigenvalue weighted by Gasteiger charge is 2.22. The zero-order valence-corrected chi connectivity index (χ0v) is 10.7. The molecule has 100 valence electrons. The van der Waals surface area contributed by atoms with E-state index < -0.39 is 18.4 Å². The highest BCUT2D eigenvalue weighted by atomic mass is 35.5. The molecule has 0 aliphatic heterocycles. The summed E-state index contributed by atoms with van der Waals surface area (Å²) in [6, 6.07) is 2.90. The van der Waals surface area contributed by atoms with E-state index in [1.807, 2.05) is 0 Å². The van der Waals surface area contributed by atoms with Gasteiger partial charge in [-0.2, -0.15) is 0 Å². The first-order valence-electron chi connectivity index (χ1n) is 5.40. The normalized spacial score (nSPS) is 12.8. The Bertz CT molecular complexity index is 438. The van der Waals surface area contributed by atoms with Gasteiger partial charge in [-0.3, -0.25) is 0 Å². The van der Waals surface area contributed by atoms with Gasteiger partial charge in [0, 0.05) is 5.56 Å². The number of benzene rings is 1. The minimum atomic E-state index is -2.60. The smallest absolute Gasteiger partial charge is 0.326 e. The van der Waals surface area contributed by atoms with E-state index in [9.17, 15) is 13.6 Å². The molecule has 0 aliphatic rings. The number of carbonyl (C=O) groups is 1. The zero-order valence-electron chi connectivity index (χ0n) is 9.95. The highest BCUT2D eigenvalue weighted by Crippen LogP contribution is 2.29. The van der Waals surface area contributed by atoms with Gasteiger partial charge in [-0.05, 0) is 18.1 Å². The molecule has 0 aromatic heterocycles. The summed E-state index contributed by atoms with van der Waals surface area (Å²) in [6.07, 6.45) is -2.60. The third kappa shape index (κ3) is 3.57. The van der Waals surface area contributed by atoms with Crippen LogP contribution in [0.15, 0.2) is 18.2 Å². The number of rotatable bonds is 5. The molecule has 0 bridgehead atoms. The number of aliphatic carboxylic acids is 1. The van der Waals surface area contributed by atoms with Crippen molar-refractivity contribution in [3.63, 3.8) is 0 Å². The van der Waals surface area contributed by atoms with Crippen LogP contribution in [0.5, 0.6) is 0 Å². The van der Waals surface area contributed by atoms with E-state index in [-0.39, 0.29) is 16.5 Å². The lowest BCUT2D eigenvalue weighted by Crippen LogP contribution is -2.34. The summed E-state index contributed by atoms with van der Waals surface area (Å²) in [6.45, 7) is 3.49. The van der Waals surface area contributed by atoms with E-state index >= 15 is 0 Å². The average Bonchev–Trinajstić information content (AvgIpc) is 2.25. The Morgan fingerprint density at radius 2 is 2.00 bits per heavy atom. The van der Waals surface area contributed by atoms with Gasteiger partial charge in [0.15, 0.2) is 0 Å². The van der Waals surface area contributed by atoms with Gasteiger partial charge in [-0.25, -0.2) is 13.6 Å². The molecular weight excluding hydrogens is 264 g/mol. The standard InChI is InChI=1S/C12H14ClF2NO2/c1-6(2)10(12(17)18)16-9-4-3-7(11(14)15)5-8(9)13/h3-6,10-11,16H,1-2H3,(H,17,18). The van der Waals surface area contributed by atoms with Crippen LogP contribution in [0.1, 0.15) is 25.8 Å². The molecule has 1 unspecified atom stereocenters. The molecule has 1 rings (SSSR count). The predicted octanol–water partition coefficient (Wildman–Crippen LogP) is 3.80. The first-order valence-corrected chi connectivity index (χ1v) is 5.77. The van der Waals surface area contributed by atoms with Crippen molar-refractivity contribution < 1.29 is 18.7 Å². The van der Waals surface area contributed by atoms with Gasteiger partial charge < -0.3 is 10.4 Å². The summed E-state index contributed by atoms with van der Waals surface area (Å²) in [5.74, 6) is -1.17. The number of hydrogen-bond acceptors (Lipinski definition) is 2. The van der Waals surface area contributed by atoms with E-state index in [0.29, 0.717) is 5.69 Å². The van der Waals surface area contributed by atoms with E-state index in [2.05, 4.69) is 5.32 Å². The van der Waals surface area contributed by atoms with Gasteiger partial charge in [0.2, 0.25) is 0 Å². The molecule has 0 fully saturated rings. The lowest BCUT2D eigenvalue weighted by molar-refractivity contribution is -0.138. The fraction of sp³-hybridized carbons (Fsp3) is 0.417. The van der Waals surface area contributed by atoms with Crippen molar-refractivity contribution in [3.8, 4) is 0 Å². The van der Waals surface area contributed by atoms with Gasteiger partial charge >= 0.3 is 5.97 Å². The molecule has 0 saturated heterocycles. The lowest BCUT2D eigenvalue weighted by Gasteiger charge is -2.20. The van der Waals surface area contributed by atoms with Crippen molar-refractivity contribution in [1.82, 2.24) is 0 Å². The van der Waals surface area contributed by atoms with Gasteiger partial charge in [0.05, 0.1) is 10.7 Å².